The minimum Gasteiger partial charge on any atom is -0.756 e. The Bertz CT molecular complexity index is 1970. The summed E-state index contributed by atoms with van der Waals surface area (Å²) in [4.78, 5) is 90.3. The van der Waals surface area contributed by atoms with Gasteiger partial charge in [0, 0.05) is 37.1 Å². The largest absolute Gasteiger partial charge is 1.00 e. The minimum atomic E-state index is -5.59. The van der Waals surface area contributed by atoms with Gasteiger partial charge in [0.05, 0.1) is 19.5 Å². The number of anilines is 1. The third-order valence-electron chi connectivity index (χ3n) is 10.2. The average molecular weight is 1040 g/mol. The number of ether oxygens (including phenoxy) is 1. The Morgan fingerprint density at radius 2 is 1.50 bits per heavy atom. The molecule has 1 aliphatic heterocycles. The van der Waals surface area contributed by atoms with Gasteiger partial charge in [0.1, 0.15) is 36.3 Å². The Kier molecular flexibility index (Phi) is 28.0. The van der Waals surface area contributed by atoms with Crippen molar-refractivity contribution in [1.82, 2.24) is 30.2 Å². The van der Waals surface area contributed by atoms with Gasteiger partial charge in [0.2, 0.25) is 11.8 Å². The first-order valence-corrected chi connectivity index (χ1v) is 27.1. The summed E-state index contributed by atoms with van der Waals surface area (Å²) >= 11 is 1.15. The summed E-state index contributed by atoms with van der Waals surface area (Å²) in [6.45, 7) is 2.76. The summed E-state index contributed by atoms with van der Waals surface area (Å²) in [6.07, 6.45) is 9.31. The van der Waals surface area contributed by atoms with E-state index in [2.05, 4.69) is 41.3 Å². The number of nitrogens with two attached hydrogens (primary N) is 1. The van der Waals surface area contributed by atoms with Gasteiger partial charge in [0.15, 0.2) is 22.8 Å². The average Bonchev–Trinajstić information content (AvgIpc) is 3.79. The van der Waals surface area contributed by atoms with Crippen molar-refractivity contribution in [3.63, 3.8) is 0 Å². The van der Waals surface area contributed by atoms with Crippen LogP contribution in [0.25, 0.3) is 11.2 Å². The number of fused-ring (bicyclic) bond motifs is 1. The number of amides is 2. The molecule has 372 valence electrons. The number of imidazole rings is 1. The predicted molar refractivity (Wildman–Crippen MR) is 235 cm³/mol. The van der Waals surface area contributed by atoms with Crippen LogP contribution in [0.15, 0.2) is 12.7 Å². The Morgan fingerprint density at radius 1 is 0.909 bits per heavy atom. The summed E-state index contributed by atoms with van der Waals surface area (Å²) < 4.78 is 62.1. The number of carbonyl (C=O) groups is 3. The number of phosphoric ester groups is 3. The van der Waals surface area contributed by atoms with Gasteiger partial charge in [-0.15, -0.1) is 0 Å². The molecule has 66 heavy (non-hydrogen) atoms. The zero-order valence-electron chi connectivity index (χ0n) is 37.9. The van der Waals surface area contributed by atoms with Gasteiger partial charge in [-0.05, 0) is 6.42 Å². The Morgan fingerprint density at radius 3 is 2.11 bits per heavy atom. The summed E-state index contributed by atoms with van der Waals surface area (Å²) in [5, 5.41) is 26.6. The second-order valence-corrected chi connectivity index (χ2v) is 21.6. The quantitative estimate of drug-likeness (QED) is 0.0274. The summed E-state index contributed by atoms with van der Waals surface area (Å²) in [5.74, 6) is -1.04. The number of phosphoric acid groups is 3. The van der Waals surface area contributed by atoms with E-state index in [1.807, 2.05) is 0 Å². The molecule has 3 unspecified atom stereocenters. The number of unbranched alkanes of at least 4 members (excludes halogenated alkanes) is 12. The van der Waals surface area contributed by atoms with Crippen LogP contribution in [-0.2, 0) is 50.7 Å². The van der Waals surface area contributed by atoms with Crippen LogP contribution in [0.4, 0.5) is 5.82 Å². The van der Waals surface area contributed by atoms with E-state index in [0.29, 0.717) is 12.2 Å². The van der Waals surface area contributed by atoms with E-state index in [9.17, 15) is 57.9 Å². The molecule has 0 aromatic carbocycles. The van der Waals surface area contributed by atoms with E-state index in [-0.39, 0.29) is 93.0 Å². The van der Waals surface area contributed by atoms with Crippen LogP contribution in [0.3, 0.4) is 0 Å². The molecule has 3 rings (SSSR count). The molecule has 29 heteroatoms. The molecule has 1 saturated heterocycles. The van der Waals surface area contributed by atoms with E-state index >= 15 is 0 Å². The normalized spacial score (nSPS) is 20.7. The van der Waals surface area contributed by atoms with Gasteiger partial charge in [-0.1, -0.05) is 110 Å². The molecule has 9 N–H and O–H groups in total. The van der Waals surface area contributed by atoms with Gasteiger partial charge in [-0.3, -0.25) is 32.6 Å². The van der Waals surface area contributed by atoms with Crippen LogP contribution < -0.4 is 72.6 Å². The zero-order chi connectivity index (χ0) is 48.3. The fourth-order valence-corrected chi connectivity index (χ4v) is 10.2. The van der Waals surface area contributed by atoms with Crippen LogP contribution in [-0.4, -0.2) is 118 Å². The first-order chi connectivity index (χ1) is 30.6. The van der Waals surface area contributed by atoms with E-state index in [0.717, 1.165) is 48.2 Å². The molecule has 0 spiro atoms. The molecule has 1 fully saturated rings. The SMILES string of the molecule is CCCCCCCCCCCCCCCC(=O)SCCNC(=O)CCNC(=O)[C@@H](O)C(C)(C)COP(=O)(O)OP(=O)(O)OC[C@@H]1O[C@H](n2cnc3c(N)ncnc32)[C@@H](O)[C@H]1OP(=O)([O-])O.[K+]. The number of aromatic nitrogens is 4. The maximum absolute atomic E-state index is 12.7. The fourth-order valence-electron chi connectivity index (χ4n) is 6.65. The number of nitrogens with one attached hydrogen (secondary N) is 2. The van der Waals surface area contributed by atoms with E-state index < -0.39 is 84.6 Å². The van der Waals surface area contributed by atoms with Crippen molar-refractivity contribution in [2.45, 2.75) is 148 Å². The molecule has 8 atom stereocenters. The Labute approximate surface area is 431 Å². The Hall–Kier alpha value is -0.804. The van der Waals surface area contributed by atoms with Crippen LogP contribution in [0.2, 0.25) is 0 Å². The van der Waals surface area contributed by atoms with Crippen molar-refractivity contribution >= 4 is 69.1 Å². The van der Waals surface area contributed by atoms with Crippen molar-refractivity contribution in [3.05, 3.63) is 12.7 Å². The maximum atomic E-state index is 12.7. The molecule has 2 aromatic rings. The number of carbonyl (C=O) groups excluding carboxylic acids is 3. The van der Waals surface area contributed by atoms with Crippen LogP contribution in [0.1, 0.15) is 123 Å². The van der Waals surface area contributed by atoms with E-state index in [1.165, 1.54) is 78.1 Å². The topological polar surface area (TPSA) is 366 Å². The van der Waals surface area contributed by atoms with Crippen molar-refractivity contribution in [3.8, 4) is 0 Å². The first-order valence-electron chi connectivity index (χ1n) is 21.6. The van der Waals surface area contributed by atoms with Crippen molar-refractivity contribution < 1.29 is 132 Å². The van der Waals surface area contributed by atoms with Gasteiger partial charge < -0.3 is 55.4 Å². The third kappa shape index (κ3) is 22.5. The first kappa shape index (κ1) is 61.3. The molecular formula is C37H65KN7O17P3S. The summed E-state index contributed by atoms with van der Waals surface area (Å²) in [6, 6.07) is 0. The number of nitrogen functional groups attached to an aromatic ring is 1. The molecule has 2 amide bonds. The zero-order valence-corrected chi connectivity index (χ0v) is 44.6. The molecule has 2 aromatic heterocycles. The number of thioether (sulfide) groups is 1. The van der Waals surface area contributed by atoms with Gasteiger partial charge >= 0.3 is 67.0 Å². The Balaban J connectivity index is 0.0000150. The van der Waals surface area contributed by atoms with Crippen LogP contribution in [0, 0.1) is 5.41 Å². The molecular weight excluding hydrogens is 979 g/mol. The number of nitrogens with zero attached hydrogens (tertiary/aromatic N) is 4. The molecule has 1 aliphatic rings. The molecule has 24 nitrogen and oxygen atoms in total. The second-order valence-electron chi connectivity index (χ2n) is 16.3. The molecule has 3 heterocycles. The third-order valence-corrected chi connectivity index (χ3v) is 14.3. The van der Waals surface area contributed by atoms with Gasteiger partial charge in [-0.25, -0.2) is 24.1 Å². The molecule has 0 radical (unpaired) electrons. The molecule has 0 aliphatic carbocycles. The second kappa shape index (κ2) is 30.2. The van der Waals surface area contributed by atoms with Crippen LogP contribution >= 0.6 is 35.2 Å². The number of aliphatic hydroxyl groups excluding tert-OH is 2. The molecule has 0 saturated carbocycles. The van der Waals surface area contributed by atoms with Gasteiger partial charge in [-0.2, -0.15) is 4.31 Å². The molecule has 0 bridgehead atoms. The smallest absolute Gasteiger partial charge is 0.756 e. The minimum absolute atomic E-state index is 0. The van der Waals surface area contributed by atoms with E-state index in [1.54, 1.807) is 0 Å². The summed E-state index contributed by atoms with van der Waals surface area (Å²) in [7, 11) is -16.7. The van der Waals surface area contributed by atoms with E-state index in [4.69, 9.17) is 19.5 Å². The van der Waals surface area contributed by atoms with Crippen molar-refractivity contribution in [2.24, 2.45) is 5.41 Å². The number of hydrogen-bond acceptors (Lipinski definition) is 19. The summed E-state index contributed by atoms with van der Waals surface area (Å²) in [5.41, 5.74) is 4.25. The van der Waals surface area contributed by atoms with Crippen molar-refractivity contribution in [2.75, 3.05) is 37.8 Å². The number of rotatable bonds is 33. The maximum Gasteiger partial charge on any atom is 1.00 e. The standard InChI is InChI=1S/C37H66N7O17P3S.K/c1-4-5-6-7-8-9-10-11-12-13-14-15-16-17-28(46)65-21-20-39-27(45)18-19-40-35(49)32(48)37(2,3)23-58-64(55,56)61-63(53,54)57-22-26-31(60-62(50,51)52)30(47)36(59-26)44-25-43-29-33(38)41-24-42-34(29)44;/h24-26,30-32,36,47-48H,4-23H2,1-3H3,(H,39,45)(H,40,49)(H,53,54)(H,55,56)(H2,38,41,42)(H2,50,51,52);/q;+1/p-1/t26-,30-,31-,32+,36-;/m0./s1. The predicted octanol–water partition coefficient (Wildman–Crippen LogP) is 0.518. The monoisotopic (exact) mass is 1040 g/mol. The number of hydrogen-bond donors (Lipinski definition) is 8. The van der Waals surface area contributed by atoms with Crippen molar-refractivity contribution in [1.29, 1.82) is 0 Å². The van der Waals surface area contributed by atoms with Gasteiger partial charge in [0.25, 0.3) is 7.82 Å². The number of aliphatic hydroxyl groups is 2. The fraction of sp³-hybridized carbons (Fsp3) is 0.784. The van der Waals surface area contributed by atoms with Crippen LogP contribution in [0.5, 0.6) is 0 Å².